The van der Waals surface area contributed by atoms with Crippen LogP contribution in [0.5, 0.6) is 0 Å². The number of carboxylic acids is 1. The highest BCUT2D eigenvalue weighted by atomic mass is 32.1. The van der Waals surface area contributed by atoms with Gasteiger partial charge < -0.3 is 5.11 Å². The minimum Gasteiger partial charge on any atom is -0.477 e. The summed E-state index contributed by atoms with van der Waals surface area (Å²) in [6.45, 7) is 0. The fourth-order valence-electron chi connectivity index (χ4n) is 0.916. The summed E-state index contributed by atoms with van der Waals surface area (Å²) < 4.78 is 4.05. The summed E-state index contributed by atoms with van der Waals surface area (Å²) in [6, 6.07) is 5.43. The average Bonchev–Trinajstić information content (AvgIpc) is 2.75. The Morgan fingerprint density at radius 2 is 2.38 bits per heavy atom. The highest BCUT2D eigenvalue weighted by molar-refractivity contribution is 7.14. The van der Waals surface area contributed by atoms with Crippen molar-refractivity contribution >= 4 is 28.8 Å². The SMILES string of the molecule is O=C(O)c1cc(-c2cccs2)ns1. The van der Waals surface area contributed by atoms with Gasteiger partial charge in [0.15, 0.2) is 0 Å². The van der Waals surface area contributed by atoms with Crippen LogP contribution >= 0.6 is 22.9 Å². The number of rotatable bonds is 2. The van der Waals surface area contributed by atoms with Crippen LogP contribution in [0, 0.1) is 0 Å². The second-order valence-corrected chi connectivity index (χ2v) is 4.11. The van der Waals surface area contributed by atoms with E-state index in [0.717, 1.165) is 22.1 Å². The van der Waals surface area contributed by atoms with Gasteiger partial charge in [-0.25, -0.2) is 4.79 Å². The summed E-state index contributed by atoms with van der Waals surface area (Å²) in [5.74, 6) is -0.916. The minimum atomic E-state index is -0.916. The van der Waals surface area contributed by atoms with Gasteiger partial charge in [-0.2, -0.15) is 4.37 Å². The summed E-state index contributed by atoms with van der Waals surface area (Å²) in [4.78, 5) is 11.8. The van der Waals surface area contributed by atoms with Crippen molar-refractivity contribution in [3.05, 3.63) is 28.5 Å². The van der Waals surface area contributed by atoms with Gasteiger partial charge in [0.1, 0.15) is 4.88 Å². The molecule has 5 heteroatoms. The van der Waals surface area contributed by atoms with Crippen LogP contribution in [-0.4, -0.2) is 15.4 Å². The second kappa shape index (κ2) is 3.27. The molecule has 0 radical (unpaired) electrons. The van der Waals surface area contributed by atoms with Crippen molar-refractivity contribution in [3.8, 4) is 10.6 Å². The summed E-state index contributed by atoms with van der Waals surface area (Å²) in [5.41, 5.74) is 0.748. The number of hydrogen-bond acceptors (Lipinski definition) is 4. The predicted molar refractivity (Wildman–Crippen MR) is 52.4 cm³/mol. The number of carbonyl (C=O) groups is 1. The quantitative estimate of drug-likeness (QED) is 0.830. The maximum absolute atomic E-state index is 10.6. The van der Waals surface area contributed by atoms with Gasteiger partial charge in [0.2, 0.25) is 0 Å². The van der Waals surface area contributed by atoms with Crippen LogP contribution < -0.4 is 0 Å². The Balaban J connectivity index is 2.39. The van der Waals surface area contributed by atoms with Crippen LogP contribution in [0.4, 0.5) is 0 Å². The first kappa shape index (κ1) is 8.40. The van der Waals surface area contributed by atoms with E-state index in [4.69, 9.17) is 5.11 Å². The number of nitrogens with zero attached hydrogens (tertiary/aromatic N) is 1. The lowest BCUT2D eigenvalue weighted by Crippen LogP contribution is -1.89. The van der Waals surface area contributed by atoms with E-state index >= 15 is 0 Å². The molecular formula is C8H5NO2S2. The third-order valence-electron chi connectivity index (χ3n) is 1.49. The van der Waals surface area contributed by atoms with E-state index in [2.05, 4.69) is 4.37 Å². The number of thiophene rings is 1. The topological polar surface area (TPSA) is 50.2 Å². The Labute approximate surface area is 82.5 Å². The smallest absolute Gasteiger partial charge is 0.347 e. The Kier molecular flexibility index (Phi) is 2.12. The maximum atomic E-state index is 10.6. The van der Waals surface area contributed by atoms with Gasteiger partial charge in [0.05, 0.1) is 10.6 Å². The first-order valence-electron chi connectivity index (χ1n) is 3.51. The number of carboxylic acid groups (broad SMARTS) is 1. The molecule has 0 aliphatic carbocycles. The molecule has 2 aromatic rings. The van der Waals surface area contributed by atoms with Crippen LogP contribution in [-0.2, 0) is 0 Å². The first-order valence-corrected chi connectivity index (χ1v) is 5.16. The lowest BCUT2D eigenvalue weighted by atomic mass is 10.3. The van der Waals surface area contributed by atoms with E-state index < -0.39 is 5.97 Å². The molecule has 0 saturated carbocycles. The maximum Gasteiger partial charge on any atom is 0.347 e. The molecule has 2 aromatic heterocycles. The molecule has 0 aromatic carbocycles. The van der Waals surface area contributed by atoms with Crippen molar-refractivity contribution in [2.24, 2.45) is 0 Å². The van der Waals surface area contributed by atoms with Crippen molar-refractivity contribution in [2.75, 3.05) is 0 Å². The van der Waals surface area contributed by atoms with Crippen LogP contribution in [0.1, 0.15) is 9.67 Å². The average molecular weight is 211 g/mol. The van der Waals surface area contributed by atoms with E-state index in [0.29, 0.717) is 0 Å². The Morgan fingerprint density at radius 1 is 1.54 bits per heavy atom. The molecule has 66 valence electrons. The molecule has 0 saturated heterocycles. The zero-order valence-electron chi connectivity index (χ0n) is 6.43. The third kappa shape index (κ3) is 1.61. The fourth-order valence-corrected chi connectivity index (χ4v) is 2.25. The van der Waals surface area contributed by atoms with Crippen molar-refractivity contribution in [2.45, 2.75) is 0 Å². The summed E-state index contributed by atoms with van der Waals surface area (Å²) in [7, 11) is 0. The largest absolute Gasteiger partial charge is 0.477 e. The zero-order chi connectivity index (χ0) is 9.26. The molecule has 0 fully saturated rings. The molecule has 1 N–H and O–H groups in total. The molecule has 0 bridgehead atoms. The molecule has 13 heavy (non-hydrogen) atoms. The Bertz CT molecular complexity index is 419. The third-order valence-corrected chi connectivity index (χ3v) is 3.16. The molecule has 0 aliphatic rings. The highest BCUT2D eigenvalue weighted by Gasteiger charge is 2.09. The Morgan fingerprint density at radius 3 is 2.92 bits per heavy atom. The summed E-state index contributed by atoms with van der Waals surface area (Å²) in [6.07, 6.45) is 0. The van der Waals surface area contributed by atoms with Crippen LogP contribution in [0.25, 0.3) is 10.6 Å². The second-order valence-electron chi connectivity index (χ2n) is 2.36. The molecule has 0 spiro atoms. The van der Waals surface area contributed by atoms with Crippen LogP contribution in [0.15, 0.2) is 23.6 Å². The van der Waals surface area contributed by atoms with Crippen molar-refractivity contribution in [1.29, 1.82) is 0 Å². The van der Waals surface area contributed by atoms with E-state index in [1.54, 1.807) is 17.4 Å². The number of aromatic carboxylic acids is 1. The molecule has 0 atom stereocenters. The molecular weight excluding hydrogens is 206 g/mol. The standard InChI is InChI=1S/C8H5NO2S2/c10-8(11)7-4-5(9-13-7)6-2-1-3-12-6/h1-4H,(H,10,11). The van der Waals surface area contributed by atoms with Crippen LogP contribution in [0.3, 0.4) is 0 Å². The lowest BCUT2D eigenvalue weighted by Gasteiger charge is -1.84. The van der Waals surface area contributed by atoms with Gasteiger partial charge in [-0.15, -0.1) is 11.3 Å². The molecule has 2 heterocycles. The molecule has 3 nitrogen and oxygen atoms in total. The van der Waals surface area contributed by atoms with Gasteiger partial charge in [0.25, 0.3) is 0 Å². The summed E-state index contributed by atoms with van der Waals surface area (Å²) >= 11 is 2.57. The predicted octanol–water partition coefficient (Wildman–Crippen LogP) is 2.57. The van der Waals surface area contributed by atoms with Gasteiger partial charge in [-0.1, -0.05) is 6.07 Å². The molecule has 2 rings (SSSR count). The fraction of sp³-hybridized carbons (Fsp3) is 0. The van der Waals surface area contributed by atoms with E-state index in [1.165, 1.54) is 0 Å². The molecule has 0 unspecified atom stereocenters. The van der Waals surface area contributed by atoms with Crippen molar-refractivity contribution in [3.63, 3.8) is 0 Å². The minimum absolute atomic E-state index is 0.281. The van der Waals surface area contributed by atoms with Gasteiger partial charge in [-0.05, 0) is 29.0 Å². The van der Waals surface area contributed by atoms with E-state index in [1.807, 2.05) is 17.5 Å². The van der Waals surface area contributed by atoms with Crippen molar-refractivity contribution < 1.29 is 9.90 Å². The van der Waals surface area contributed by atoms with Gasteiger partial charge in [0, 0.05) is 0 Å². The van der Waals surface area contributed by atoms with E-state index in [-0.39, 0.29) is 4.88 Å². The van der Waals surface area contributed by atoms with Crippen molar-refractivity contribution in [1.82, 2.24) is 4.37 Å². The number of aromatic nitrogens is 1. The zero-order valence-corrected chi connectivity index (χ0v) is 8.06. The number of hydrogen-bond donors (Lipinski definition) is 1. The normalized spacial score (nSPS) is 10.2. The van der Waals surface area contributed by atoms with Crippen LogP contribution in [0.2, 0.25) is 0 Å². The summed E-state index contributed by atoms with van der Waals surface area (Å²) in [5, 5.41) is 10.6. The monoisotopic (exact) mass is 211 g/mol. The van der Waals surface area contributed by atoms with Gasteiger partial charge >= 0.3 is 5.97 Å². The van der Waals surface area contributed by atoms with E-state index in [9.17, 15) is 4.79 Å². The van der Waals surface area contributed by atoms with Gasteiger partial charge in [-0.3, -0.25) is 0 Å². The lowest BCUT2D eigenvalue weighted by molar-refractivity contribution is 0.0702. The molecule has 0 aliphatic heterocycles. The Hall–Kier alpha value is -1.20. The highest BCUT2D eigenvalue weighted by Crippen LogP contribution is 2.25. The first-order chi connectivity index (χ1) is 6.27. The molecule has 0 amide bonds.